The Morgan fingerprint density at radius 2 is 1.94 bits per heavy atom. The molecule has 0 spiro atoms. The van der Waals surface area contributed by atoms with Crippen LogP contribution in [0.3, 0.4) is 0 Å². The maximum Gasteiger partial charge on any atom is 0.227 e. The molecule has 2 aromatic carbocycles. The van der Waals surface area contributed by atoms with Crippen molar-refractivity contribution in [3.05, 3.63) is 59.7 Å². The molecule has 1 aliphatic rings. The van der Waals surface area contributed by atoms with Gasteiger partial charge in [-0.05, 0) is 62.8 Å². The minimum atomic E-state index is 0.213. The van der Waals surface area contributed by atoms with Gasteiger partial charge in [-0.15, -0.1) is 0 Å². The van der Waals surface area contributed by atoms with Crippen molar-refractivity contribution in [2.45, 2.75) is 32.9 Å². The first-order chi connectivity index (χ1) is 15.5. The topological polar surface area (TPSA) is 69.2 Å². The monoisotopic (exact) mass is 437 g/mol. The first kappa shape index (κ1) is 23.6. The molecule has 0 aliphatic carbocycles. The molecule has 1 amide bonds. The van der Waals surface area contributed by atoms with Gasteiger partial charge in [0.05, 0.1) is 6.54 Å². The Kier molecular flexibility index (Phi) is 8.92. The molecule has 0 atom stereocenters. The highest BCUT2D eigenvalue weighted by molar-refractivity contribution is 5.95. The number of benzene rings is 2. The van der Waals surface area contributed by atoms with Crippen LogP contribution in [0.15, 0.2) is 53.5 Å². The second-order valence-corrected chi connectivity index (χ2v) is 8.16. The lowest BCUT2D eigenvalue weighted by Gasteiger charge is -2.16. The smallest absolute Gasteiger partial charge is 0.227 e. The Morgan fingerprint density at radius 3 is 2.62 bits per heavy atom. The predicted molar refractivity (Wildman–Crippen MR) is 130 cm³/mol. The van der Waals surface area contributed by atoms with Crippen LogP contribution >= 0.6 is 0 Å². The van der Waals surface area contributed by atoms with Crippen molar-refractivity contribution in [1.29, 1.82) is 0 Å². The van der Waals surface area contributed by atoms with Crippen LogP contribution in [0.2, 0.25) is 0 Å². The molecule has 3 rings (SSSR count). The number of likely N-dealkylation sites (N-methyl/N-ethyl adjacent to an activating group) is 1. The van der Waals surface area contributed by atoms with Crippen molar-refractivity contribution in [1.82, 2.24) is 15.5 Å². The molecule has 2 N–H and O–H groups in total. The number of rotatable bonds is 10. The normalized spacial score (nSPS) is 14.2. The lowest BCUT2D eigenvalue weighted by molar-refractivity contribution is -0.117. The van der Waals surface area contributed by atoms with Crippen LogP contribution in [0.1, 0.15) is 30.9 Å². The third-order valence-corrected chi connectivity index (χ3v) is 5.25. The number of ether oxygens (including phenoxy) is 1. The molecule has 1 heterocycles. The molecule has 0 aromatic heterocycles. The van der Waals surface area contributed by atoms with Crippen LogP contribution in [0.4, 0.5) is 5.69 Å². The molecule has 2 aromatic rings. The summed E-state index contributed by atoms with van der Waals surface area (Å²) in [6.07, 6.45) is 1.59. The van der Waals surface area contributed by atoms with Crippen LogP contribution in [0, 0.1) is 0 Å². The average Bonchev–Trinajstić information content (AvgIpc) is 3.22. The lowest BCUT2D eigenvalue weighted by Crippen LogP contribution is -2.36. The van der Waals surface area contributed by atoms with E-state index in [0.29, 0.717) is 26.1 Å². The van der Waals surface area contributed by atoms with E-state index in [-0.39, 0.29) is 5.91 Å². The van der Waals surface area contributed by atoms with E-state index in [1.54, 1.807) is 0 Å². The van der Waals surface area contributed by atoms with Crippen LogP contribution in [0.5, 0.6) is 5.75 Å². The van der Waals surface area contributed by atoms with Crippen LogP contribution < -0.4 is 20.3 Å². The number of nitrogens with one attached hydrogen (secondary N) is 2. The first-order valence-corrected chi connectivity index (χ1v) is 11.3. The third kappa shape index (κ3) is 7.27. The van der Waals surface area contributed by atoms with Crippen molar-refractivity contribution < 1.29 is 9.53 Å². The van der Waals surface area contributed by atoms with Crippen LogP contribution in [0.25, 0.3) is 0 Å². The fraction of sp³-hybridized carbons (Fsp3) is 0.440. The molecule has 1 aliphatic heterocycles. The van der Waals surface area contributed by atoms with Crippen LogP contribution in [-0.2, 0) is 17.9 Å². The van der Waals surface area contributed by atoms with Gasteiger partial charge in [0.2, 0.25) is 5.91 Å². The molecule has 0 saturated carbocycles. The van der Waals surface area contributed by atoms with Crippen molar-refractivity contribution in [3.8, 4) is 5.75 Å². The highest BCUT2D eigenvalue weighted by Gasteiger charge is 2.21. The van der Waals surface area contributed by atoms with E-state index in [2.05, 4.69) is 40.7 Å². The molecule has 7 nitrogen and oxygen atoms in total. The second-order valence-electron chi connectivity index (χ2n) is 8.16. The molecule has 0 radical (unpaired) electrons. The largest absolute Gasteiger partial charge is 0.492 e. The van der Waals surface area contributed by atoms with Gasteiger partial charge in [0.15, 0.2) is 5.96 Å². The van der Waals surface area contributed by atoms with Gasteiger partial charge in [0.1, 0.15) is 12.4 Å². The van der Waals surface area contributed by atoms with E-state index in [1.807, 2.05) is 49.3 Å². The zero-order valence-electron chi connectivity index (χ0n) is 19.4. The zero-order valence-corrected chi connectivity index (χ0v) is 19.4. The van der Waals surface area contributed by atoms with Crippen molar-refractivity contribution >= 4 is 17.6 Å². The second kappa shape index (κ2) is 12.1. The number of hydrogen-bond donors (Lipinski definition) is 2. The Balaban J connectivity index is 1.54. The lowest BCUT2D eigenvalue weighted by atomic mass is 10.2. The number of anilines is 1. The van der Waals surface area contributed by atoms with E-state index in [0.717, 1.165) is 54.6 Å². The summed E-state index contributed by atoms with van der Waals surface area (Å²) in [4.78, 5) is 20.6. The summed E-state index contributed by atoms with van der Waals surface area (Å²) < 4.78 is 5.82. The summed E-state index contributed by atoms with van der Waals surface area (Å²) in [7, 11) is 4.07. The van der Waals surface area contributed by atoms with Gasteiger partial charge in [0.25, 0.3) is 0 Å². The Bertz CT molecular complexity index is 895. The van der Waals surface area contributed by atoms with E-state index in [9.17, 15) is 4.79 Å². The zero-order chi connectivity index (χ0) is 22.8. The summed E-state index contributed by atoms with van der Waals surface area (Å²) in [5, 5.41) is 6.68. The summed E-state index contributed by atoms with van der Waals surface area (Å²) in [5.74, 6) is 1.85. The number of aliphatic imine (C=N–C) groups is 1. The van der Waals surface area contributed by atoms with Crippen LogP contribution in [-0.4, -0.2) is 57.1 Å². The summed E-state index contributed by atoms with van der Waals surface area (Å²) in [5.41, 5.74) is 3.22. The molecular formula is C25H35N5O2. The fourth-order valence-electron chi connectivity index (χ4n) is 3.49. The number of guanidine groups is 1. The van der Waals surface area contributed by atoms with Gasteiger partial charge in [-0.2, -0.15) is 0 Å². The van der Waals surface area contributed by atoms with Gasteiger partial charge in [-0.3, -0.25) is 4.79 Å². The Labute approximate surface area is 191 Å². The number of hydrogen-bond acceptors (Lipinski definition) is 4. The van der Waals surface area contributed by atoms with Crippen molar-refractivity contribution in [2.24, 2.45) is 4.99 Å². The highest BCUT2D eigenvalue weighted by Crippen LogP contribution is 2.21. The fourth-order valence-corrected chi connectivity index (χ4v) is 3.49. The van der Waals surface area contributed by atoms with E-state index in [1.165, 1.54) is 0 Å². The maximum absolute atomic E-state index is 11.9. The van der Waals surface area contributed by atoms with E-state index >= 15 is 0 Å². The highest BCUT2D eigenvalue weighted by atomic mass is 16.5. The van der Waals surface area contributed by atoms with Gasteiger partial charge < -0.3 is 25.2 Å². The molecule has 1 fully saturated rings. The number of carbonyl (C=O) groups is 1. The maximum atomic E-state index is 11.9. The molecule has 0 bridgehead atoms. The van der Waals surface area contributed by atoms with Gasteiger partial charge in [-0.1, -0.05) is 24.3 Å². The van der Waals surface area contributed by atoms with Crippen molar-refractivity contribution in [3.63, 3.8) is 0 Å². The predicted octanol–water partition coefficient (Wildman–Crippen LogP) is 3.01. The summed E-state index contributed by atoms with van der Waals surface area (Å²) in [6, 6.07) is 16.2. The minimum Gasteiger partial charge on any atom is -0.492 e. The minimum absolute atomic E-state index is 0.213. The summed E-state index contributed by atoms with van der Waals surface area (Å²) in [6.45, 7) is 6.42. The summed E-state index contributed by atoms with van der Waals surface area (Å²) >= 11 is 0. The molecule has 1 saturated heterocycles. The molecular weight excluding hydrogens is 402 g/mol. The molecule has 32 heavy (non-hydrogen) atoms. The molecule has 0 unspecified atom stereocenters. The SMILES string of the molecule is CCNC(=NCc1cccc(OCCN(C)C)c1)NCc1ccc(N2CCCC2=O)cc1. The molecule has 172 valence electrons. The van der Waals surface area contributed by atoms with Gasteiger partial charge in [-0.25, -0.2) is 4.99 Å². The average molecular weight is 438 g/mol. The van der Waals surface area contributed by atoms with Gasteiger partial charge >= 0.3 is 0 Å². The molecule has 7 heteroatoms. The number of amides is 1. The standard InChI is InChI=1S/C25H35N5O2/c1-4-26-25(28-19-21-7-5-8-23(17-21)32-16-15-29(2)3)27-18-20-10-12-22(13-11-20)30-14-6-9-24(30)31/h5,7-8,10-13,17H,4,6,9,14-16,18-19H2,1-3H3,(H2,26,27,28). The van der Waals surface area contributed by atoms with E-state index < -0.39 is 0 Å². The first-order valence-electron chi connectivity index (χ1n) is 11.3. The Hall–Kier alpha value is -3.06. The quantitative estimate of drug-likeness (QED) is 0.442. The van der Waals surface area contributed by atoms with Gasteiger partial charge in [0, 0.05) is 38.3 Å². The number of carbonyl (C=O) groups excluding carboxylic acids is 1. The third-order valence-electron chi connectivity index (χ3n) is 5.25. The van der Waals surface area contributed by atoms with Crippen molar-refractivity contribution in [2.75, 3.05) is 45.2 Å². The van der Waals surface area contributed by atoms with E-state index in [4.69, 9.17) is 9.73 Å². The Morgan fingerprint density at radius 1 is 1.12 bits per heavy atom. The number of nitrogens with zero attached hydrogens (tertiary/aromatic N) is 3.